The number of amides is 1. The highest BCUT2D eigenvalue weighted by Crippen LogP contribution is 2.37. The first-order valence-electron chi connectivity index (χ1n) is 11.4. The van der Waals surface area contributed by atoms with Gasteiger partial charge in [0.1, 0.15) is 22.7 Å². The predicted molar refractivity (Wildman–Crippen MR) is 136 cm³/mol. The van der Waals surface area contributed by atoms with Gasteiger partial charge in [0, 0.05) is 28.9 Å². The first-order valence-corrected chi connectivity index (χ1v) is 11.4. The molecule has 6 heteroatoms. The van der Waals surface area contributed by atoms with Crippen LogP contribution in [-0.2, 0) is 17.8 Å². The van der Waals surface area contributed by atoms with Crippen molar-refractivity contribution in [2.45, 2.75) is 26.8 Å². The number of hydrogen-bond donors (Lipinski definition) is 1. The smallest absolute Gasteiger partial charge is 0.340 e. The predicted octanol–water partition coefficient (Wildman–Crippen LogP) is 5.69. The van der Waals surface area contributed by atoms with E-state index in [1.807, 2.05) is 74.5 Å². The van der Waals surface area contributed by atoms with Crippen molar-refractivity contribution in [2.24, 2.45) is 0 Å². The molecule has 0 atom stereocenters. The van der Waals surface area contributed by atoms with Crippen LogP contribution in [0.15, 0.2) is 80.4 Å². The molecule has 0 aliphatic carbocycles. The Morgan fingerprint density at radius 3 is 2.34 bits per heavy atom. The molecule has 0 fully saturated rings. The number of rotatable bonds is 6. The van der Waals surface area contributed by atoms with E-state index in [-0.39, 0.29) is 12.3 Å². The summed E-state index contributed by atoms with van der Waals surface area (Å²) in [6, 6.07) is 21.2. The zero-order chi connectivity index (χ0) is 24.5. The molecule has 6 nitrogen and oxygen atoms in total. The zero-order valence-corrected chi connectivity index (χ0v) is 19.8. The van der Waals surface area contributed by atoms with Crippen LogP contribution >= 0.6 is 0 Å². The second kappa shape index (κ2) is 9.14. The lowest BCUT2D eigenvalue weighted by molar-refractivity contribution is -0.120. The van der Waals surface area contributed by atoms with Crippen LogP contribution in [0, 0.1) is 13.8 Å². The van der Waals surface area contributed by atoms with Crippen LogP contribution in [0.5, 0.6) is 5.75 Å². The lowest BCUT2D eigenvalue weighted by Gasteiger charge is -2.09. The topological polar surface area (TPSA) is 81.7 Å². The second-order valence-corrected chi connectivity index (χ2v) is 8.54. The quantitative estimate of drug-likeness (QED) is 0.325. The van der Waals surface area contributed by atoms with Gasteiger partial charge in [0.05, 0.1) is 19.1 Å². The normalized spacial score (nSPS) is 11.2. The van der Waals surface area contributed by atoms with Crippen molar-refractivity contribution < 1.29 is 18.4 Å². The summed E-state index contributed by atoms with van der Waals surface area (Å²) < 4.78 is 16.8. The third-order valence-electron chi connectivity index (χ3n) is 6.32. The van der Waals surface area contributed by atoms with Gasteiger partial charge in [-0.3, -0.25) is 4.79 Å². The van der Waals surface area contributed by atoms with E-state index in [0.717, 1.165) is 44.5 Å². The van der Waals surface area contributed by atoms with Gasteiger partial charge in [-0.2, -0.15) is 0 Å². The summed E-state index contributed by atoms with van der Waals surface area (Å²) in [6.07, 6.45) is -0.0613. The van der Waals surface area contributed by atoms with E-state index >= 15 is 0 Å². The number of benzene rings is 3. The van der Waals surface area contributed by atoms with Crippen molar-refractivity contribution in [1.82, 2.24) is 5.32 Å². The molecular formula is C29H25NO5. The van der Waals surface area contributed by atoms with Gasteiger partial charge in [0.2, 0.25) is 5.91 Å². The van der Waals surface area contributed by atoms with Gasteiger partial charge in [-0.05, 0) is 48.7 Å². The average molecular weight is 468 g/mol. The molecular weight excluding hydrogens is 442 g/mol. The molecule has 0 aliphatic heterocycles. The summed E-state index contributed by atoms with van der Waals surface area (Å²) >= 11 is 0. The van der Waals surface area contributed by atoms with E-state index in [1.54, 1.807) is 13.2 Å². The minimum atomic E-state index is -0.513. The van der Waals surface area contributed by atoms with Crippen LogP contribution in [0.3, 0.4) is 0 Å². The van der Waals surface area contributed by atoms with Gasteiger partial charge >= 0.3 is 5.63 Å². The fourth-order valence-electron chi connectivity index (χ4n) is 4.44. The third kappa shape index (κ3) is 4.30. The lowest BCUT2D eigenvalue weighted by atomic mass is 9.98. The molecule has 176 valence electrons. The number of ether oxygens (including phenoxy) is 1. The molecule has 2 aromatic heterocycles. The minimum absolute atomic E-state index is 0.0613. The summed E-state index contributed by atoms with van der Waals surface area (Å²) in [5, 5.41) is 4.60. The Morgan fingerprint density at radius 1 is 0.914 bits per heavy atom. The number of furan rings is 1. The molecule has 0 saturated carbocycles. The number of carbonyl (C=O) groups excluding carboxylic acids is 1. The standard InChI is InChI=1S/C29H25NO5/c1-17-22-13-24-26(34-18(2)28(24)20-7-5-4-6-8-20)15-25(22)35-29(32)23(17)14-27(31)30-16-19-9-11-21(33-3)12-10-19/h4-13,15H,14,16H2,1-3H3,(H,30,31). The largest absolute Gasteiger partial charge is 0.497 e. The molecule has 1 N–H and O–H groups in total. The number of methoxy groups -OCH3 is 1. The Bertz CT molecular complexity index is 1590. The molecule has 5 rings (SSSR count). The molecule has 0 radical (unpaired) electrons. The summed E-state index contributed by atoms with van der Waals surface area (Å²) in [5.74, 6) is 1.29. The SMILES string of the molecule is COc1ccc(CNC(=O)Cc2c(C)c3cc4c(-c5ccccc5)c(C)oc4cc3oc2=O)cc1. The van der Waals surface area contributed by atoms with E-state index in [9.17, 15) is 9.59 Å². The van der Waals surface area contributed by atoms with E-state index in [1.165, 1.54) is 0 Å². The van der Waals surface area contributed by atoms with Crippen molar-refractivity contribution in [3.63, 3.8) is 0 Å². The molecule has 1 amide bonds. The fraction of sp³-hybridized carbons (Fsp3) is 0.172. The van der Waals surface area contributed by atoms with Gasteiger partial charge in [-0.1, -0.05) is 42.5 Å². The first-order chi connectivity index (χ1) is 16.9. The van der Waals surface area contributed by atoms with Gasteiger partial charge in [0.25, 0.3) is 0 Å². The van der Waals surface area contributed by atoms with E-state index < -0.39 is 5.63 Å². The molecule has 0 bridgehead atoms. The van der Waals surface area contributed by atoms with Gasteiger partial charge < -0.3 is 18.9 Å². The van der Waals surface area contributed by atoms with Crippen LogP contribution in [-0.4, -0.2) is 13.0 Å². The summed E-state index contributed by atoms with van der Waals surface area (Å²) in [4.78, 5) is 25.4. The maximum atomic E-state index is 12.8. The minimum Gasteiger partial charge on any atom is -0.497 e. The van der Waals surface area contributed by atoms with Crippen LogP contribution in [0.4, 0.5) is 0 Å². The van der Waals surface area contributed by atoms with Crippen molar-refractivity contribution in [2.75, 3.05) is 7.11 Å². The molecule has 35 heavy (non-hydrogen) atoms. The molecule has 5 aromatic rings. The monoisotopic (exact) mass is 467 g/mol. The highest BCUT2D eigenvalue weighted by Gasteiger charge is 2.19. The van der Waals surface area contributed by atoms with Gasteiger partial charge in [-0.15, -0.1) is 0 Å². The summed E-state index contributed by atoms with van der Waals surface area (Å²) in [7, 11) is 1.61. The first kappa shape index (κ1) is 22.5. The van der Waals surface area contributed by atoms with Crippen molar-refractivity contribution >= 4 is 27.8 Å². The maximum Gasteiger partial charge on any atom is 0.340 e. The van der Waals surface area contributed by atoms with E-state index in [4.69, 9.17) is 13.6 Å². The van der Waals surface area contributed by atoms with Crippen LogP contribution < -0.4 is 15.7 Å². The number of aryl methyl sites for hydroxylation is 2. The average Bonchev–Trinajstić information content (AvgIpc) is 3.19. The number of fused-ring (bicyclic) bond motifs is 2. The summed E-state index contributed by atoms with van der Waals surface area (Å²) in [5.41, 5.74) is 4.66. The highest BCUT2D eigenvalue weighted by atomic mass is 16.5. The Kier molecular flexibility index (Phi) is 5.87. The Morgan fingerprint density at radius 2 is 1.63 bits per heavy atom. The molecule has 0 unspecified atom stereocenters. The number of hydrogen-bond acceptors (Lipinski definition) is 5. The second-order valence-electron chi connectivity index (χ2n) is 8.54. The third-order valence-corrected chi connectivity index (χ3v) is 6.32. The van der Waals surface area contributed by atoms with E-state index in [2.05, 4.69) is 5.32 Å². The molecule has 0 saturated heterocycles. The molecule has 2 heterocycles. The zero-order valence-electron chi connectivity index (χ0n) is 19.8. The Hall–Kier alpha value is -4.32. The lowest BCUT2D eigenvalue weighted by Crippen LogP contribution is -2.27. The molecule has 0 aliphatic rings. The Labute approximate surface area is 202 Å². The molecule has 0 spiro atoms. The van der Waals surface area contributed by atoms with Crippen LogP contribution in [0.2, 0.25) is 0 Å². The van der Waals surface area contributed by atoms with Crippen molar-refractivity contribution in [1.29, 1.82) is 0 Å². The number of carbonyl (C=O) groups is 1. The van der Waals surface area contributed by atoms with Crippen molar-refractivity contribution in [3.05, 3.63) is 99.6 Å². The molecule has 3 aromatic carbocycles. The van der Waals surface area contributed by atoms with Gasteiger partial charge in [0.15, 0.2) is 0 Å². The van der Waals surface area contributed by atoms with Crippen LogP contribution in [0.25, 0.3) is 33.1 Å². The maximum absolute atomic E-state index is 12.8. The van der Waals surface area contributed by atoms with Crippen LogP contribution in [0.1, 0.15) is 22.5 Å². The van der Waals surface area contributed by atoms with E-state index in [0.29, 0.717) is 23.3 Å². The van der Waals surface area contributed by atoms with Gasteiger partial charge in [-0.25, -0.2) is 4.79 Å². The highest BCUT2D eigenvalue weighted by molar-refractivity contribution is 6.03. The van der Waals surface area contributed by atoms with Crippen molar-refractivity contribution in [3.8, 4) is 16.9 Å². The number of nitrogens with one attached hydrogen (secondary N) is 1. The fourth-order valence-corrected chi connectivity index (χ4v) is 4.44. The summed E-state index contributed by atoms with van der Waals surface area (Å²) in [6.45, 7) is 4.14. The Balaban J connectivity index is 1.47.